The van der Waals surface area contributed by atoms with Crippen molar-refractivity contribution in [3.8, 4) is 11.1 Å². The Balaban J connectivity index is 1.85. The van der Waals surface area contributed by atoms with E-state index in [4.69, 9.17) is 0 Å². The average molecular weight is 266 g/mol. The lowest BCUT2D eigenvalue weighted by Crippen LogP contribution is -2.31. The Labute approximate surface area is 119 Å². The number of hydrogen-bond acceptors (Lipinski definition) is 2. The van der Waals surface area contributed by atoms with E-state index in [2.05, 4.69) is 12.1 Å². The van der Waals surface area contributed by atoms with E-state index in [1.807, 2.05) is 42.5 Å². The van der Waals surface area contributed by atoms with Gasteiger partial charge >= 0.3 is 0 Å². The molecule has 2 aromatic rings. The highest BCUT2D eigenvalue weighted by Crippen LogP contribution is 2.36. The second-order valence-corrected chi connectivity index (χ2v) is 5.51. The minimum atomic E-state index is -0.830. The molecule has 0 saturated heterocycles. The number of hydrogen-bond donors (Lipinski definition) is 1. The molecule has 2 nitrogen and oxygen atoms in total. The Hall–Kier alpha value is -1.93. The summed E-state index contributed by atoms with van der Waals surface area (Å²) in [6.07, 6.45) is 2.04. The third kappa shape index (κ3) is 2.52. The summed E-state index contributed by atoms with van der Waals surface area (Å²) >= 11 is 0. The van der Waals surface area contributed by atoms with Crippen LogP contribution in [0.5, 0.6) is 0 Å². The number of carbonyl (C=O) groups excluding carboxylic acids is 1. The summed E-state index contributed by atoms with van der Waals surface area (Å²) < 4.78 is 0. The van der Waals surface area contributed by atoms with Gasteiger partial charge in [0, 0.05) is 12.8 Å². The van der Waals surface area contributed by atoms with E-state index in [9.17, 15) is 9.90 Å². The minimum Gasteiger partial charge on any atom is -0.385 e. The molecule has 1 fully saturated rings. The molecule has 20 heavy (non-hydrogen) atoms. The largest absolute Gasteiger partial charge is 0.385 e. The predicted octanol–water partition coefficient (Wildman–Crippen LogP) is 3.68. The molecule has 1 aliphatic rings. The number of ketones is 1. The van der Waals surface area contributed by atoms with Crippen LogP contribution in [0.25, 0.3) is 11.1 Å². The lowest BCUT2D eigenvalue weighted by molar-refractivity contribution is -0.125. The summed E-state index contributed by atoms with van der Waals surface area (Å²) in [5.74, 6) is 0.260. The molecule has 3 rings (SSSR count). The second kappa shape index (κ2) is 5.22. The van der Waals surface area contributed by atoms with Crippen LogP contribution in [-0.4, -0.2) is 10.9 Å². The van der Waals surface area contributed by atoms with Crippen molar-refractivity contribution >= 4 is 5.78 Å². The maximum absolute atomic E-state index is 11.3. The van der Waals surface area contributed by atoms with E-state index in [0.717, 1.165) is 11.1 Å². The molecule has 0 atom stereocenters. The van der Waals surface area contributed by atoms with Crippen molar-refractivity contribution in [3.05, 3.63) is 60.2 Å². The fraction of sp³-hybridized carbons (Fsp3) is 0.278. The first kappa shape index (κ1) is 13.1. The molecule has 102 valence electrons. The summed E-state index contributed by atoms with van der Waals surface area (Å²) in [6, 6.07) is 18.2. The predicted molar refractivity (Wildman–Crippen MR) is 79.2 cm³/mol. The monoisotopic (exact) mass is 266 g/mol. The zero-order valence-corrected chi connectivity index (χ0v) is 11.4. The molecule has 0 aromatic heterocycles. The Bertz CT molecular complexity index is 589. The SMILES string of the molecule is O=C1CCC(O)(c2ccc(-c3ccccc3)cc2)CC1. The molecule has 0 aliphatic heterocycles. The van der Waals surface area contributed by atoms with Gasteiger partial charge in [0.05, 0.1) is 5.60 Å². The van der Waals surface area contributed by atoms with Crippen LogP contribution in [-0.2, 0) is 10.4 Å². The standard InChI is InChI=1S/C18H18O2/c19-17-10-12-18(20,13-11-17)16-8-6-15(7-9-16)14-4-2-1-3-5-14/h1-9,20H,10-13H2. The zero-order chi connectivity index (χ0) is 14.0. The van der Waals surface area contributed by atoms with Gasteiger partial charge in [0.25, 0.3) is 0 Å². The fourth-order valence-electron chi connectivity index (χ4n) is 2.83. The van der Waals surface area contributed by atoms with Gasteiger partial charge in [0.15, 0.2) is 0 Å². The quantitative estimate of drug-likeness (QED) is 0.900. The van der Waals surface area contributed by atoms with Gasteiger partial charge in [-0.05, 0) is 29.5 Å². The number of Topliss-reactive ketones (excluding diaryl/α,β-unsaturated/α-hetero) is 1. The third-order valence-corrected chi connectivity index (χ3v) is 4.16. The lowest BCUT2D eigenvalue weighted by Gasteiger charge is -2.32. The van der Waals surface area contributed by atoms with Gasteiger partial charge in [0.1, 0.15) is 5.78 Å². The van der Waals surface area contributed by atoms with Crippen molar-refractivity contribution in [1.29, 1.82) is 0 Å². The summed E-state index contributed by atoms with van der Waals surface area (Å²) in [4.78, 5) is 11.3. The average Bonchev–Trinajstić information content (AvgIpc) is 2.52. The van der Waals surface area contributed by atoms with Gasteiger partial charge in [0.2, 0.25) is 0 Å². The normalized spacial score (nSPS) is 17.9. The first-order valence-electron chi connectivity index (χ1n) is 7.07. The van der Waals surface area contributed by atoms with Crippen molar-refractivity contribution in [3.63, 3.8) is 0 Å². The van der Waals surface area contributed by atoms with Crippen molar-refractivity contribution in [1.82, 2.24) is 0 Å². The van der Waals surface area contributed by atoms with Gasteiger partial charge in [-0.15, -0.1) is 0 Å². The van der Waals surface area contributed by atoms with E-state index in [1.54, 1.807) is 0 Å². The van der Waals surface area contributed by atoms with E-state index in [-0.39, 0.29) is 5.78 Å². The maximum atomic E-state index is 11.3. The van der Waals surface area contributed by atoms with Crippen LogP contribution in [0.1, 0.15) is 31.2 Å². The van der Waals surface area contributed by atoms with Gasteiger partial charge in [-0.2, -0.15) is 0 Å². The zero-order valence-electron chi connectivity index (χ0n) is 11.4. The Morgan fingerprint density at radius 1 is 0.800 bits per heavy atom. The van der Waals surface area contributed by atoms with Crippen LogP contribution in [0, 0.1) is 0 Å². The smallest absolute Gasteiger partial charge is 0.133 e. The van der Waals surface area contributed by atoms with Gasteiger partial charge < -0.3 is 5.11 Å². The molecule has 1 saturated carbocycles. The van der Waals surface area contributed by atoms with Crippen LogP contribution < -0.4 is 0 Å². The Morgan fingerprint density at radius 3 is 1.95 bits per heavy atom. The number of rotatable bonds is 2. The Kier molecular flexibility index (Phi) is 3.41. The third-order valence-electron chi connectivity index (χ3n) is 4.16. The summed E-state index contributed by atoms with van der Waals surface area (Å²) in [5.41, 5.74) is 2.41. The van der Waals surface area contributed by atoms with E-state index >= 15 is 0 Å². The topological polar surface area (TPSA) is 37.3 Å². The van der Waals surface area contributed by atoms with Crippen molar-refractivity contribution in [2.24, 2.45) is 0 Å². The molecule has 0 unspecified atom stereocenters. The minimum absolute atomic E-state index is 0.260. The van der Waals surface area contributed by atoms with Crippen LogP contribution >= 0.6 is 0 Å². The van der Waals surface area contributed by atoms with Gasteiger partial charge in [-0.25, -0.2) is 0 Å². The van der Waals surface area contributed by atoms with Gasteiger partial charge in [-0.3, -0.25) is 4.79 Å². The highest BCUT2D eigenvalue weighted by Gasteiger charge is 2.33. The van der Waals surface area contributed by atoms with Crippen molar-refractivity contribution in [2.45, 2.75) is 31.3 Å². The van der Waals surface area contributed by atoms with Crippen LogP contribution in [0.15, 0.2) is 54.6 Å². The summed E-state index contributed by atoms with van der Waals surface area (Å²) in [5, 5.41) is 10.7. The number of aliphatic hydroxyl groups is 1. The van der Waals surface area contributed by atoms with Crippen LogP contribution in [0.4, 0.5) is 0 Å². The van der Waals surface area contributed by atoms with E-state index in [0.29, 0.717) is 25.7 Å². The number of benzene rings is 2. The highest BCUT2D eigenvalue weighted by molar-refractivity contribution is 5.79. The molecule has 1 N–H and O–H groups in total. The molecule has 0 heterocycles. The lowest BCUT2D eigenvalue weighted by atomic mass is 9.79. The van der Waals surface area contributed by atoms with Crippen LogP contribution in [0.3, 0.4) is 0 Å². The number of carbonyl (C=O) groups is 1. The van der Waals surface area contributed by atoms with Crippen molar-refractivity contribution in [2.75, 3.05) is 0 Å². The maximum Gasteiger partial charge on any atom is 0.133 e. The Morgan fingerprint density at radius 2 is 1.35 bits per heavy atom. The first-order chi connectivity index (χ1) is 9.67. The molecule has 0 amide bonds. The molecule has 1 aliphatic carbocycles. The van der Waals surface area contributed by atoms with Crippen molar-refractivity contribution < 1.29 is 9.90 Å². The van der Waals surface area contributed by atoms with Gasteiger partial charge in [-0.1, -0.05) is 54.6 Å². The molecule has 2 heteroatoms. The molecule has 2 aromatic carbocycles. The molecule has 0 spiro atoms. The first-order valence-corrected chi connectivity index (χ1v) is 7.07. The molecular formula is C18H18O2. The molecule has 0 bridgehead atoms. The summed E-state index contributed by atoms with van der Waals surface area (Å²) in [7, 11) is 0. The van der Waals surface area contributed by atoms with E-state index < -0.39 is 5.60 Å². The molecular weight excluding hydrogens is 248 g/mol. The second-order valence-electron chi connectivity index (χ2n) is 5.51. The molecule has 0 radical (unpaired) electrons. The van der Waals surface area contributed by atoms with Crippen LogP contribution in [0.2, 0.25) is 0 Å². The fourth-order valence-corrected chi connectivity index (χ4v) is 2.83. The van der Waals surface area contributed by atoms with E-state index in [1.165, 1.54) is 5.56 Å². The highest BCUT2D eigenvalue weighted by atomic mass is 16.3. The summed E-state index contributed by atoms with van der Waals surface area (Å²) in [6.45, 7) is 0.